The minimum absolute atomic E-state index is 0. The number of rotatable bonds is 3. The monoisotopic (exact) mass is 380 g/mol. The van der Waals surface area contributed by atoms with Gasteiger partial charge in [0.05, 0.1) is 6.54 Å². The molecule has 0 aliphatic carbocycles. The first-order valence-corrected chi connectivity index (χ1v) is 8.34. The van der Waals surface area contributed by atoms with E-state index >= 15 is 0 Å². The first kappa shape index (κ1) is 17.8. The van der Waals surface area contributed by atoms with E-state index in [9.17, 15) is 5.11 Å². The van der Waals surface area contributed by atoms with Crippen LogP contribution in [0.5, 0.6) is 5.88 Å². The smallest absolute Gasteiger partial charge is 0.245 e. The molecule has 0 saturated carbocycles. The predicted octanol–water partition coefficient (Wildman–Crippen LogP) is 2.52. The van der Waals surface area contributed by atoms with Gasteiger partial charge in [0.25, 0.3) is 0 Å². The summed E-state index contributed by atoms with van der Waals surface area (Å²) in [5, 5.41) is 22.3. The fourth-order valence-corrected chi connectivity index (χ4v) is 3.21. The summed E-state index contributed by atoms with van der Waals surface area (Å²) >= 11 is 6.23. The molecule has 3 aromatic rings. The number of halogens is 2. The summed E-state index contributed by atoms with van der Waals surface area (Å²) in [6.45, 7) is 2.31. The molecular weight excluding hydrogens is 363 g/mol. The summed E-state index contributed by atoms with van der Waals surface area (Å²) in [6.07, 6.45) is 1.91. The zero-order chi connectivity index (χ0) is 16.5. The van der Waals surface area contributed by atoms with Gasteiger partial charge in [-0.15, -0.1) is 17.5 Å². The zero-order valence-electron chi connectivity index (χ0n) is 13.4. The van der Waals surface area contributed by atoms with Crippen molar-refractivity contribution in [2.75, 3.05) is 13.1 Å². The van der Waals surface area contributed by atoms with Gasteiger partial charge in [0.2, 0.25) is 5.88 Å². The lowest BCUT2D eigenvalue weighted by Crippen LogP contribution is -2.27. The Morgan fingerprint density at radius 1 is 1.20 bits per heavy atom. The van der Waals surface area contributed by atoms with E-state index in [1.807, 2.05) is 24.3 Å². The number of aromatic hydroxyl groups is 1. The number of fused-ring (bicyclic) bond motifs is 1. The highest BCUT2D eigenvalue weighted by Gasteiger charge is 2.22. The average molecular weight is 381 g/mol. The Balaban J connectivity index is 0.00000182. The van der Waals surface area contributed by atoms with E-state index < -0.39 is 0 Å². The Hall–Kier alpha value is -1.96. The molecular formula is C16H18Cl2N6O. The molecule has 1 fully saturated rings. The van der Waals surface area contributed by atoms with Gasteiger partial charge in [-0.1, -0.05) is 35.0 Å². The molecule has 132 valence electrons. The van der Waals surface area contributed by atoms with Crippen molar-refractivity contribution >= 4 is 35.2 Å². The normalized spacial score (nSPS) is 15.2. The first-order valence-electron chi connectivity index (χ1n) is 7.96. The topological polar surface area (TPSA) is 88.8 Å². The molecule has 1 aromatic carbocycles. The van der Waals surface area contributed by atoms with Gasteiger partial charge in [-0.3, -0.25) is 0 Å². The van der Waals surface area contributed by atoms with Crippen LogP contribution in [-0.2, 0) is 6.54 Å². The van der Waals surface area contributed by atoms with Crippen molar-refractivity contribution in [1.29, 1.82) is 0 Å². The van der Waals surface area contributed by atoms with Gasteiger partial charge in [0, 0.05) is 10.9 Å². The molecule has 9 heteroatoms. The number of nitrogens with zero attached hydrogens (tertiary/aromatic N) is 5. The molecule has 2 N–H and O–H groups in total. The molecule has 7 nitrogen and oxygen atoms in total. The van der Waals surface area contributed by atoms with Crippen LogP contribution < -0.4 is 5.32 Å². The number of aromatic nitrogens is 5. The quantitative estimate of drug-likeness (QED) is 0.725. The lowest BCUT2D eigenvalue weighted by molar-refractivity contribution is 0.424. The average Bonchev–Trinajstić information content (AvgIpc) is 3.01. The van der Waals surface area contributed by atoms with E-state index in [1.54, 1.807) is 4.68 Å². The van der Waals surface area contributed by atoms with Crippen LogP contribution in [0.2, 0.25) is 5.02 Å². The van der Waals surface area contributed by atoms with Gasteiger partial charge in [-0.25, -0.2) is 9.67 Å². The third-order valence-corrected chi connectivity index (χ3v) is 4.71. The third-order valence-electron chi connectivity index (χ3n) is 4.34. The highest BCUT2D eigenvalue weighted by Crippen LogP contribution is 2.27. The van der Waals surface area contributed by atoms with Gasteiger partial charge in [-0.05, 0) is 37.6 Å². The summed E-state index contributed by atoms with van der Waals surface area (Å²) in [5.74, 6) is 0.786. The molecule has 0 unspecified atom stereocenters. The summed E-state index contributed by atoms with van der Waals surface area (Å²) in [5.41, 5.74) is 1.78. The maximum atomic E-state index is 10.2. The van der Waals surface area contributed by atoms with Crippen LogP contribution in [-0.4, -0.2) is 43.2 Å². The highest BCUT2D eigenvalue weighted by molar-refractivity contribution is 6.31. The minimum Gasteiger partial charge on any atom is -0.492 e. The second-order valence-corrected chi connectivity index (χ2v) is 6.35. The van der Waals surface area contributed by atoms with Crippen molar-refractivity contribution < 1.29 is 5.11 Å². The molecule has 1 aliphatic heterocycles. The molecule has 25 heavy (non-hydrogen) atoms. The van der Waals surface area contributed by atoms with Crippen LogP contribution in [0.3, 0.4) is 0 Å². The Morgan fingerprint density at radius 2 is 1.96 bits per heavy atom. The van der Waals surface area contributed by atoms with E-state index in [0.717, 1.165) is 31.5 Å². The minimum atomic E-state index is -0.112. The van der Waals surface area contributed by atoms with E-state index in [1.165, 1.54) is 0 Å². The summed E-state index contributed by atoms with van der Waals surface area (Å²) in [7, 11) is 0. The number of hydrogen-bond donors (Lipinski definition) is 2. The second kappa shape index (κ2) is 7.51. The maximum Gasteiger partial charge on any atom is 0.245 e. The van der Waals surface area contributed by atoms with Crippen molar-refractivity contribution in [3.8, 4) is 5.88 Å². The second-order valence-electron chi connectivity index (χ2n) is 5.94. The predicted molar refractivity (Wildman–Crippen MR) is 97.4 cm³/mol. The van der Waals surface area contributed by atoms with Crippen molar-refractivity contribution in [2.45, 2.75) is 25.3 Å². The van der Waals surface area contributed by atoms with Crippen LogP contribution in [0.1, 0.15) is 30.1 Å². The molecule has 3 heterocycles. The number of benzene rings is 1. The van der Waals surface area contributed by atoms with Gasteiger partial charge in [-0.2, -0.15) is 4.98 Å². The van der Waals surface area contributed by atoms with Gasteiger partial charge >= 0.3 is 0 Å². The van der Waals surface area contributed by atoms with Crippen LogP contribution in [0.15, 0.2) is 24.3 Å². The lowest BCUT2D eigenvalue weighted by atomic mass is 9.97. The van der Waals surface area contributed by atoms with Gasteiger partial charge < -0.3 is 10.4 Å². The number of nitrogens with one attached hydrogen (secondary N) is 1. The van der Waals surface area contributed by atoms with Crippen molar-refractivity contribution in [2.24, 2.45) is 0 Å². The molecule has 1 saturated heterocycles. The molecule has 4 rings (SSSR count). The van der Waals surface area contributed by atoms with Gasteiger partial charge in [0.15, 0.2) is 11.2 Å². The van der Waals surface area contributed by atoms with E-state index in [2.05, 4.69) is 25.6 Å². The summed E-state index contributed by atoms with van der Waals surface area (Å²) in [6, 6.07) is 7.58. The highest BCUT2D eigenvalue weighted by atomic mass is 35.5. The Kier molecular flexibility index (Phi) is 5.36. The first-order chi connectivity index (χ1) is 11.7. The standard InChI is InChI=1S/C16H17ClN6O.ClH/c17-12-4-2-1-3-11(12)9-23-15-13(21-22-23)16(24)20-14(19-15)10-5-7-18-8-6-10;/h1-4,10,18H,5-9H2,(H,19,20,24);1H. The Bertz CT molecular complexity index is 878. The van der Waals surface area contributed by atoms with E-state index in [4.69, 9.17) is 11.6 Å². The molecule has 0 radical (unpaired) electrons. The van der Waals surface area contributed by atoms with Crippen LogP contribution >= 0.6 is 24.0 Å². The molecule has 0 atom stereocenters. The summed E-state index contributed by atoms with van der Waals surface area (Å²) in [4.78, 5) is 8.88. The fraction of sp³-hybridized carbons (Fsp3) is 0.375. The fourth-order valence-electron chi connectivity index (χ4n) is 3.02. The summed E-state index contributed by atoms with van der Waals surface area (Å²) < 4.78 is 1.66. The Labute approximate surface area is 155 Å². The molecule has 1 aliphatic rings. The maximum absolute atomic E-state index is 10.2. The molecule has 0 bridgehead atoms. The molecule has 0 amide bonds. The van der Waals surface area contributed by atoms with Crippen molar-refractivity contribution in [1.82, 2.24) is 30.3 Å². The van der Waals surface area contributed by atoms with Crippen LogP contribution in [0, 0.1) is 0 Å². The van der Waals surface area contributed by atoms with Crippen molar-refractivity contribution in [3.63, 3.8) is 0 Å². The van der Waals surface area contributed by atoms with Crippen LogP contribution in [0.4, 0.5) is 0 Å². The number of piperidine rings is 1. The zero-order valence-corrected chi connectivity index (χ0v) is 15.0. The lowest BCUT2D eigenvalue weighted by Gasteiger charge is -2.21. The SMILES string of the molecule is Cl.Oc1nc(C2CCNCC2)nc2c1nnn2Cc1ccccc1Cl. The van der Waals surface area contributed by atoms with E-state index in [-0.39, 0.29) is 24.2 Å². The Morgan fingerprint density at radius 3 is 2.72 bits per heavy atom. The van der Waals surface area contributed by atoms with Crippen LogP contribution in [0.25, 0.3) is 11.2 Å². The molecule has 0 spiro atoms. The molecule has 2 aromatic heterocycles. The van der Waals surface area contributed by atoms with Gasteiger partial charge in [0.1, 0.15) is 5.82 Å². The van der Waals surface area contributed by atoms with Crippen molar-refractivity contribution in [3.05, 3.63) is 40.7 Å². The van der Waals surface area contributed by atoms with E-state index in [0.29, 0.717) is 28.6 Å². The third kappa shape index (κ3) is 3.53. The number of hydrogen-bond acceptors (Lipinski definition) is 6. The largest absolute Gasteiger partial charge is 0.492 e.